The van der Waals surface area contributed by atoms with Crippen molar-refractivity contribution in [1.29, 1.82) is 0 Å². The normalized spacial score (nSPS) is 13.0. The van der Waals surface area contributed by atoms with Crippen LogP contribution in [0.1, 0.15) is 109 Å². The maximum atomic E-state index is 9.42. The van der Waals surface area contributed by atoms with E-state index in [9.17, 15) is 10.0 Å². The van der Waals surface area contributed by atoms with Gasteiger partial charge in [-0.25, -0.2) is 0 Å². The summed E-state index contributed by atoms with van der Waals surface area (Å²) in [5.41, 5.74) is 7.12. The maximum Gasteiger partial charge on any atom is 0.633 e. The Kier molecular flexibility index (Phi) is 9.03. The lowest BCUT2D eigenvalue weighted by Crippen LogP contribution is -2.38. The molecule has 38 heavy (non-hydrogen) atoms. The molecule has 0 aliphatic rings. The molecule has 3 nitrogen and oxygen atoms in total. The van der Waals surface area contributed by atoms with Gasteiger partial charge in [0.05, 0.1) is 0 Å². The second-order valence-corrected chi connectivity index (χ2v) is 13.6. The molecule has 0 aromatic heterocycles. The molecule has 0 aliphatic carbocycles. The van der Waals surface area contributed by atoms with Crippen LogP contribution < -0.4 is 0 Å². The van der Waals surface area contributed by atoms with Crippen LogP contribution >= 0.6 is 0 Å². The molecule has 0 unspecified atom stereocenters. The molecule has 204 valence electrons. The number of benzene rings is 3. The van der Waals surface area contributed by atoms with Crippen molar-refractivity contribution in [3.8, 4) is 0 Å². The average molecular weight is 515 g/mol. The Hall–Kier alpha value is -2.40. The van der Waals surface area contributed by atoms with Gasteiger partial charge in [0, 0.05) is 12.0 Å². The lowest BCUT2D eigenvalue weighted by atomic mass is 9.58. The summed E-state index contributed by atoms with van der Waals surface area (Å²) in [5, 5.41) is 18.8. The topological polar surface area (TPSA) is 49.7 Å². The van der Waals surface area contributed by atoms with Crippen molar-refractivity contribution >= 4 is 7.32 Å². The van der Waals surface area contributed by atoms with Crippen LogP contribution in [-0.4, -0.2) is 24.0 Å². The van der Waals surface area contributed by atoms with E-state index in [1.807, 2.05) is 0 Å². The Labute approximate surface area is 231 Å². The summed E-state index contributed by atoms with van der Waals surface area (Å²) >= 11 is 0. The fourth-order valence-corrected chi connectivity index (χ4v) is 5.89. The Bertz CT molecular complexity index is 1070. The third-order valence-corrected chi connectivity index (χ3v) is 7.55. The highest BCUT2D eigenvalue weighted by Crippen LogP contribution is 2.51. The molecule has 3 aromatic rings. The van der Waals surface area contributed by atoms with Crippen molar-refractivity contribution in [2.45, 2.75) is 96.8 Å². The van der Waals surface area contributed by atoms with Crippen LogP contribution in [0.2, 0.25) is 0 Å². The fourth-order valence-electron chi connectivity index (χ4n) is 5.89. The third-order valence-electron chi connectivity index (χ3n) is 7.55. The molecule has 4 heteroatoms. The van der Waals surface area contributed by atoms with E-state index >= 15 is 0 Å². The van der Waals surface area contributed by atoms with Gasteiger partial charge in [-0.05, 0) is 62.5 Å². The van der Waals surface area contributed by atoms with Crippen LogP contribution in [-0.2, 0) is 26.3 Å². The molecular formula is C34H47BO3. The number of hydrogen-bond acceptors (Lipinski definition) is 3. The van der Waals surface area contributed by atoms with Crippen molar-refractivity contribution in [1.82, 2.24) is 0 Å². The lowest BCUT2D eigenvalue weighted by molar-refractivity contribution is 0.179. The van der Waals surface area contributed by atoms with Crippen LogP contribution in [0.25, 0.3) is 0 Å². The summed E-state index contributed by atoms with van der Waals surface area (Å²) in [6, 6.07) is 26.7. The van der Waals surface area contributed by atoms with Crippen LogP contribution in [0.15, 0.2) is 72.8 Å². The smallest absolute Gasteiger partial charge is 0.402 e. The highest BCUT2D eigenvalue weighted by atomic mass is 16.6. The molecule has 0 atom stereocenters. The van der Waals surface area contributed by atoms with Gasteiger partial charge in [-0.1, -0.05) is 135 Å². The standard InChI is InChI=1S/C34H47BO3/c1-31(2,3)25-17-10-13-20-28(25)34(23-16-24-38-35(36)37,29-21-14-11-18-26(29)32(4,5)6)30-22-15-12-19-27(30)33(7,8)9/h10-15,17-22,36-37H,16,23-24H2,1-9H3. The molecule has 0 saturated carbocycles. The summed E-state index contributed by atoms with van der Waals surface area (Å²) in [6.07, 6.45) is 1.42. The zero-order valence-electron chi connectivity index (χ0n) is 24.9. The highest BCUT2D eigenvalue weighted by molar-refractivity contribution is 6.32. The summed E-state index contributed by atoms with van der Waals surface area (Å²) in [5.74, 6) is 0. The first-order valence-electron chi connectivity index (χ1n) is 13.9. The maximum absolute atomic E-state index is 9.42. The minimum absolute atomic E-state index is 0.0764. The van der Waals surface area contributed by atoms with Crippen LogP contribution in [0.5, 0.6) is 0 Å². The van der Waals surface area contributed by atoms with Gasteiger partial charge in [0.25, 0.3) is 0 Å². The second kappa shape index (κ2) is 11.4. The summed E-state index contributed by atoms with van der Waals surface area (Å²) in [7, 11) is -1.77. The molecule has 0 saturated heterocycles. The molecule has 0 spiro atoms. The molecule has 0 bridgehead atoms. The predicted octanol–water partition coefficient (Wildman–Crippen LogP) is 7.68. The zero-order valence-corrected chi connectivity index (χ0v) is 24.9. The number of hydrogen-bond donors (Lipinski definition) is 2. The first-order chi connectivity index (χ1) is 17.6. The van der Waals surface area contributed by atoms with E-state index in [0.717, 1.165) is 6.42 Å². The van der Waals surface area contributed by atoms with Crippen molar-refractivity contribution in [2.75, 3.05) is 6.61 Å². The highest BCUT2D eigenvalue weighted by Gasteiger charge is 2.44. The van der Waals surface area contributed by atoms with E-state index in [1.54, 1.807) is 0 Å². The molecule has 2 N–H and O–H groups in total. The fraction of sp³-hybridized carbons (Fsp3) is 0.471. The van der Waals surface area contributed by atoms with E-state index in [4.69, 9.17) is 4.65 Å². The zero-order chi connectivity index (χ0) is 28.4. The molecule has 0 amide bonds. The molecule has 3 rings (SSSR count). The van der Waals surface area contributed by atoms with E-state index < -0.39 is 12.7 Å². The Balaban J connectivity index is 2.54. The van der Waals surface area contributed by atoms with Crippen LogP contribution in [0, 0.1) is 0 Å². The van der Waals surface area contributed by atoms with Gasteiger partial charge in [-0.2, -0.15) is 0 Å². The Morgan fingerprint density at radius 2 is 0.816 bits per heavy atom. The summed E-state index contributed by atoms with van der Waals surface area (Å²) in [4.78, 5) is 0. The van der Waals surface area contributed by atoms with E-state index in [1.165, 1.54) is 33.4 Å². The van der Waals surface area contributed by atoms with Crippen LogP contribution in [0.3, 0.4) is 0 Å². The summed E-state index contributed by atoms with van der Waals surface area (Å²) in [6.45, 7) is 20.8. The van der Waals surface area contributed by atoms with Gasteiger partial charge in [-0.15, -0.1) is 0 Å². The average Bonchev–Trinajstić information content (AvgIpc) is 2.83. The van der Waals surface area contributed by atoms with Gasteiger partial charge in [-0.3, -0.25) is 0 Å². The molecule has 0 heterocycles. The molecule has 0 radical (unpaired) electrons. The van der Waals surface area contributed by atoms with Gasteiger partial charge in [0.15, 0.2) is 0 Å². The predicted molar refractivity (Wildman–Crippen MR) is 161 cm³/mol. The van der Waals surface area contributed by atoms with Crippen molar-refractivity contribution < 1.29 is 14.7 Å². The van der Waals surface area contributed by atoms with E-state index in [-0.39, 0.29) is 22.9 Å². The number of rotatable bonds is 8. The van der Waals surface area contributed by atoms with Crippen LogP contribution in [0.4, 0.5) is 0 Å². The minimum Gasteiger partial charge on any atom is -0.402 e. The summed E-state index contributed by atoms with van der Waals surface area (Å²) < 4.78 is 5.25. The van der Waals surface area contributed by atoms with E-state index in [2.05, 4.69) is 135 Å². The van der Waals surface area contributed by atoms with Gasteiger partial charge < -0.3 is 14.7 Å². The largest absolute Gasteiger partial charge is 0.633 e. The first kappa shape index (κ1) is 30.2. The first-order valence-corrected chi connectivity index (χ1v) is 13.9. The van der Waals surface area contributed by atoms with Gasteiger partial charge >= 0.3 is 7.32 Å². The molecule has 3 aromatic carbocycles. The van der Waals surface area contributed by atoms with Gasteiger partial charge in [0.2, 0.25) is 0 Å². The van der Waals surface area contributed by atoms with Crippen molar-refractivity contribution in [3.63, 3.8) is 0 Å². The molecule has 0 fully saturated rings. The third kappa shape index (κ3) is 6.42. The second-order valence-electron chi connectivity index (χ2n) is 13.6. The van der Waals surface area contributed by atoms with Crippen molar-refractivity contribution in [2.24, 2.45) is 0 Å². The quantitative estimate of drug-likeness (QED) is 0.184. The molecule has 0 aliphatic heterocycles. The Morgan fingerprint density at radius 1 is 0.526 bits per heavy atom. The van der Waals surface area contributed by atoms with Crippen molar-refractivity contribution in [3.05, 3.63) is 106 Å². The molecular weight excluding hydrogens is 467 g/mol. The SMILES string of the molecule is CC(C)(C)c1ccccc1C(CCCOB(O)O)(c1ccccc1C(C)(C)C)c1ccccc1C(C)(C)C. The monoisotopic (exact) mass is 514 g/mol. The van der Waals surface area contributed by atoms with Gasteiger partial charge in [0.1, 0.15) is 0 Å². The minimum atomic E-state index is -1.77. The lowest BCUT2D eigenvalue weighted by Gasteiger charge is -2.44. The van der Waals surface area contributed by atoms with E-state index in [0.29, 0.717) is 6.42 Å². The Morgan fingerprint density at radius 3 is 1.08 bits per heavy atom.